The molecule has 0 N–H and O–H groups in total. The van der Waals surface area contributed by atoms with Crippen LogP contribution in [0, 0.1) is 29.6 Å². The van der Waals surface area contributed by atoms with Gasteiger partial charge in [0.1, 0.15) is 0 Å². The van der Waals surface area contributed by atoms with Gasteiger partial charge in [-0.15, -0.1) is 0 Å². The molecule has 1 radical (unpaired) electrons. The van der Waals surface area contributed by atoms with Crippen LogP contribution in [0.4, 0.5) is 25.2 Å². The number of hydrogen-bond donors (Lipinski definition) is 0. The molecule has 1 saturated carbocycles. The molecule has 4 aromatic carbocycles. The first-order valence-electron chi connectivity index (χ1n) is 19.3. The van der Waals surface area contributed by atoms with E-state index < -0.39 is 29.9 Å². The Hall–Kier alpha value is -2.98. The number of esters is 1. The van der Waals surface area contributed by atoms with E-state index in [4.69, 9.17) is 9.47 Å². The fraction of sp³-hybridized carbons (Fsp3) is 0.311. The van der Waals surface area contributed by atoms with Gasteiger partial charge in [-0.1, -0.05) is 173 Å². The van der Waals surface area contributed by atoms with E-state index in [0.717, 1.165) is 45.9 Å². The Morgan fingerprint density at radius 1 is 0.621 bits per heavy atom. The maximum Gasteiger partial charge on any atom is 0 e. The normalized spacial score (nSPS) is 24.7. The van der Waals surface area contributed by atoms with Gasteiger partial charge in [-0.25, -0.2) is 4.79 Å². The van der Waals surface area contributed by atoms with Crippen molar-refractivity contribution in [3.8, 4) is 0 Å². The Bertz CT molecular complexity index is 1930. The Balaban J connectivity index is 0.000000359. The molecule has 0 amide bonds. The minimum atomic E-state index is -10.7. The maximum absolute atomic E-state index is 14.3. The smallest absolute Gasteiger partial charge is 0 e. The molecule has 0 unspecified atom stereocenters. The van der Waals surface area contributed by atoms with Crippen molar-refractivity contribution in [3.63, 3.8) is 0 Å². The topological polar surface area (TPSA) is 35.5 Å². The molecular weight excluding hydrogens is 898 g/mol. The van der Waals surface area contributed by atoms with Gasteiger partial charge in [0.15, 0.2) is 0 Å². The Labute approximate surface area is 352 Å². The second kappa shape index (κ2) is 18.7. The fourth-order valence-electron chi connectivity index (χ4n) is 7.83. The zero-order chi connectivity index (χ0) is 40.9. The molecule has 0 saturated heterocycles. The Morgan fingerprint density at radius 3 is 1.34 bits per heavy atom. The average Bonchev–Trinajstić information content (AvgIpc) is 3.90. The summed E-state index contributed by atoms with van der Waals surface area (Å²) in [5, 5.41) is 6.44. The molecule has 3 nitrogen and oxygen atoms in total. The van der Waals surface area contributed by atoms with Crippen molar-refractivity contribution in [2.75, 3.05) is 0 Å². The van der Waals surface area contributed by atoms with E-state index in [1.807, 2.05) is 12.1 Å². The van der Waals surface area contributed by atoms with Crippen molar-refractivity contribution in [1.82, 2.24) is 0 Å². The minimum absolute atomic E-state index is 0. The van der Waals surface area contributed by atoms with Crippen LogP contribution in [-0.2, 0) is 33.7 Å². The predicted octanol–water partition coefficient (Wildman–Crippen LogP) is 13.0. The van der Waals surface area contributed by atoms with Crippen LogP contribution in [0.2, 0.25) is 0 Å². The van der Waals surface area contributed by atoms with Crippen LogP contribution in [0.25, 0.3) is 0 Å². The summed E-state index contributed by atoms with van der Waals surface area (Å²) in [6.45, 7) is 6.91. The van der Waals surface area contributed by atoms with Crippen molar-refractivity contribution >= 4 is 50.8 Å². The number of ether oxygens (including phenoxy) is 2. The third-order valence-corrected chi connectivity index (χ3v) is 15.6. The van der Waals surface area contributed by atoms with Crippen LogP contribution < -0.4 is 21.2 Å². The van der Waals surface area contributed by atoms with Crippen LogP contribution in [0.15, 0.2) is 156 Å². The summed E-state index contributed by atoms with van der Waals surface area (Å²) >= 11 is 0. The van der Waals surface area contributed by atoms with Gasteiger partial charge >= 0.3 is 39.0 Å². The number of halogens is 6. The van der Waals surface area contributed by atoms with E-state index in [-0.39, 0.29) is 31.6 Å². The molecule has 4 atom stereocenters. The van der Waals surface area contributed by atoms with Crippen molar-refractivity contribution in [1.29, 1.82) is 0 Å². The molecular formula is C45H48F6O3P3Rh-. The number of carbonyl (C=O) groups excluding carboxylic acids is 1. The van der Waals surface area contributed by atoms with Crippen molar-refractivity contribution in [3.05, 3.63) is 156 Å². The summed E-state index contributed by atoms with van der Waals surface area (Å²) in [7, 11) is -13.0. The second-order valence-electron chi connectivity index (χ2n) is 15.3. The summed E-state index contributed by atoms with van der Waals surface area (Å²) in [6.07, 6.45) is 13.2. The van der Waals surface area contributed by atoms with Gasteiger partial charge in [0, 0.05) is 24.8 Å². The molecule has 0 aromatic heterocycles. The van der Waals surface area contributed by atoms with Crippen molar-refractivity contribution in [2.24, 2.45) is 29.6 Å². The van der Waals surface area contributed by atoms with E-state index in [9.17, 15) is 30.0 Å². The summed E-state index contributed by atoms with van der Waals surface area (Å²) < 4.78 is 72.7. The van der Waals surface area contributed by atoms with Crippen LogP contribution >= 0.6 is 23.7 Å². The molecule has 1 heterocycles. The van der Waals surface area contributed by atoms with Gasteiger partial charge in [0.25, 0.3) is 0 Å². The summed E-state index contributed by atoms with van der Waals surface area (Å²) in [5.41, 5.74) is 0. The van der Waals surface area contributed by atoms with E-state index in [0.29, 0.717) is 17.8 Å². The van der Waals surface area contributed by atoms with E-state index in [1.165, 1.54) is 23.5 Å². The number of carbonyl (C=O) groups is 1. The van der Waals surface area contributed by atoms with Crippen LogP contribution in [0.5, 0.6) is 0 Å². The first-order valence-corrected chi connectivity index (χ1v) is 24.0. The zero-order valence-corrected chi connectivity index (χ0v) is 36.7. The fourth-order valence-corrected chi connectivity index (χ4v) is 13.2. The maximum atomic E-state index is 14.3. The molecule has 0 spiro atoms. The predicted molar refractivity (Wildman–Crippen MR) is 225 cm³/mol. The molecule has 1 fully saturated rings. The molecule has 1 aliphatic heterocycles. The number of benzene rings is 4. The van der Waals surface area contributed by atoms with E-state index >= 15 is 0 Å². The first-order chi connectivity index (χ1) is 26.9. The number of allylic oxidation sites excluding steroid dienone is 4. The van der Waals surface area contributed by atoms with Gasteiger partial charge in [-0.3, -0.25) is 0 Å². The SMILES string of the molecule is C1=CC2C=CC1C2.CC(C)[C@H]1CC[C@@H](C)C[C@H]1O[C@H]1OC(=O)C(P(c2ccccc2)c2ccccc2)=C1P(c1ccccc1)c1ccccc1.F[P-](F)(F)(F)(F)F.[Rh]. The van der Waals surface area contributed by atoms with Gasteiger partial charge in [-0.05, 0) is 85.9 Å². The van der Waals surface area contributed by atoms with Crippen molar-refractivity contribution < 1.29 is 58.9 Å². The van der Waals surface area contributed by atoms with E-state index in [2.05, 4.69) is 154 Å². The standard InChI is InChI=1S/C38H40O3P2.C7H8.F6P.Rh/c1-27(2)33-25-24-28(3)26-34(33)40-38-36(43(31-20-12-6-13-21-31)32-22-14-7-15-23-32)35(37(39)41-38)42(29-16-8-4-9-17-29)30-18-10-5-11-19-30;1-2-7-4-3-6(1)5-7;1-7(2,3,4,5)6;/h4-23,27-28,33-34,38H,24-26H2,1-3H3;1-4,6-7H,5H2;;/q;;-1;/t28-,33-,34-,38+;;;/m1.../s1. The number of cyclic esters (lactones) is 1. The molecule has 13 heteroatoms. The van der Waals surface area contributed by atoms with Gasteiger partial charge < -0.3 is 9.47 Å². The summed E-state index contributed by atoms with van der Waals surface area (Å²) in [6, 6.07) is 42.2. The van der Waals surface area contributed by atoms with Gasteiger partial charge in [-0.2, -0.15) is 0 Å². The molecule has 313 valence electrons. The van der Waals surface area contributed by atoms with Crippen molar-refractivity contribution in [2.45, 2.75) is 58.8 Å². The van der Waals surface area contributed by atoms with E-state index in [1.54, 1.807) is 0 Å². The largest absolute Gasteiger partial charge is 0 e. The Morgan fingerprint density at radius 2 is 1.00 bits per heavy atom. The molecule has 4 aliphatic rings. The molecule has 2 bridgehead atoms. The zero-order valence-electron chi connectivity index (χ0n) is 32.4. The quantitative estimate of drug-likeness (QED) is 0.0551. The Kier molecular flexibility index (Phi) is 14.9. The molecule has 3 aliphatic carbocycles. The van der Waals surface area contributed by atoms with Gasteiger partial charge in [0.05, 0.1) is 11.4 Å². The first kappa shape index (κ1) is 46.1. The third kappa shape index (κ3) is 13.3. The minimum Gasteiger partial charge on any atom is 0 e. The van der Waals surface area contributed by atoms with Crippen LogP contribution in [0.3, 0.4) is 0 Å². The third-order valence-electron chi connectivity index (χ3n) is 10.4. The van der Waals surface area contributed by atoms with Crippen LogP contribution in [-0.4, -0.2) is 18.4 Å². The molecule has 4 aromatic rings. The summed E-state index contributed by atoms with van der Waals surface area (Å²) in [4.78, 5) is 14.3. The van der Waals surface area contributed by atoms with Crippen LogP contribution in [0.1, 0.15) is 46.5 Å². The van der Waals surface area contributed by atoms with Gasteiger partial charge in [0.2, 0.25) is 6.29 Å². The summed E-state index contributed by atoms with van der Waals surface area (Å²) in [5.74, 6) is 2.89. The number of hydrogen-bond acceptors (Lipinski definition) is 3. The number of rotatable bonds is 9. The number of fused-ring (bicyclic) bond motifs is 2. The average molecular weight is 947 g/mol. The molecule has 58 heavy (non-hydrogen) atoms. The monoisotopic (exact) mass is 946 g/mol. The molecule has 8 rings (SSSR count). The second-order valence-corrected chi connectivity index (χ2v) is 21.5.